The van der Waals surface area contributed by atoms with E-state index in [4.69, 9.17) is 0 Å². The minimum absolute atomic E-state index is 0.0576. The molecule has 0 bridgehead atoms. The van der Waals surface area contributed by atoms with Gasteiger partial charge in [-0.05, 0) is 61.6 Å². The Bertz CT molecular complexity index is 960. The molecule has 0 unspecified atom stereocenters. The Morgan fingerprint density at radius 2 is 2.06 bits per heavy atom. The molecule has 5 rings (SSSR count). The Hall–Kier alpha value is -2.48. The standard InChI is InChI=1S/C23H29N5O2S/c1-16-6-11-31-19(16)20(29)27-10-2-7-23(21(30)26-12-17-4-5-17)15-28(14-18(23)13-27)22-24-8-3-9-25-22/h3,6,8-9,11,17-18H,2,4-5,7,10,12-15H2,1H3,(H,26,30)/t18-,23-/m1/s1. The molecule has 3 aliphatic rings. The van der Waals surface area contributed by atoms with E-state index in [9.17, 15) is 9.59 Å². The molecule has 4 heterocycles. The fraction of sp³-hybridized carbons (Fsp3) is 0.565. The summed E-state index contributed by atoms with van der Waals surface area (Å²) in [7, 11) is 0. The summed E-state index contributed by atoms with van der Waals surface area (Å²) < 4.78 is 0. The van der Waals surface area contributed by atoms with Gasteiger partial charge in [-0.25, -0.2) is 9.97 Å². The zero-order valence-corrected chi connectivity index (χ0v) is 18.7. The topological polar surface area (TPSA) is 78.4 Å². The van der Waals surface area contributed by atoms with Crippen LogP contribution in [0.15, 0.2) is 29.9 Å². The van der Waals surface area contributed by atoms with E-state index in [-0.39, 0.29) is 17.7 Å². The SMILES string of the molecule is Cc1ccsc1C(=O)N1CCC[C@@]2(C(=O)NCC3CC3)CN(c3ncccn3)C[C@H]2C1. The van der Waals surface area contributed by atoms with Crippen molar-refractivity contribution >= 4 is 29.1 Å². The Kier molecular flexibility index (Phi) is 5.42. The van der Waals surface area contributed by atoms with Gasteiger partial charge < -0.3 is 15.1 Å². The zero-order valence-electron chi connectivity index (χ0n) is 17.9. The van der Waals surface area contributed by atoms with Crippen LogP contribution in [0.5, 0.6) is 0 Å². The molecule has 1 saturated carbocycles. The van der Waals surface area contributed by atoms with Crippen molar-refractivity contribution in [1.82, 2.24) is 20.2 Å². The van der Waals surface area contributed by atoms with Gasteiger partial charge in [-0.1, -0.05) is 0 Å². The maximum atomic E-state index is 13.5. The lowest BCUT2D eigenvalue weighted by molar-refractivity contribution is -0.132. The van der Waals surface area contributed by atoms with Crippen LogP contribution >= 0.6 is 11.3 Å². The highest BCUT2D eigenvalue weighted by Gasteiger charge is 2.54. The van der Waals surface area contributed by atoms with Crippen molar-refractivity contribution in [1.29, 1.82) is 0 Å². The molecule has 1 aliphatic carbocycles. The van der Waals surface area contributed by atoms with Crippen molar-refractivity contribution in [3.05, 3.63) is 40.3 Å². The Morgan fingerprint density at radius 3 is 2.77 bits per heavy atom. The van der Waals surface area contributed by atoms with Crippen LogP contribution in [-0.2, 0) is 4.79 Å². The highest BCUT2D eigenvalue weighted by Crippen LogP contribution is 2.44. The molecule has 0 aromatic carbocycles. The highest BCUT2D eigenvalue weighted by atomic mass is 32.1. The minimum Gasteiger partial charge on any atom is -0.355 e. The number of anilines is 1. The first-order chi connectivity index (χ1) is 15.1. The van der Waals surface area contributed by atoms with Crippen LogP contribution in [0.4, 0.5) is 5.95 Å². The van der Waals surface area contributed by atoms with Crippen LogP contribution in [0.1, 0.15) is 40.9 Å². The normalized spacial score (nSPS) is 25.8. The molecular weight excluding hydrogens is 410 g/mol. The van der Waals surface area contributed by atoms with Crippen LogP contribution in [0.25, 0.3) is 0 Å². The molecule has 2 saturated heterocycles. The Labute approximate surface area is 186 Å². The Morgan fingerprint density at radius 1 is 1.26 bits per heavy atom. The van der Waals surface area contributed by atoms with E-state index in [1.165, 1.54) is 24.2 Å². The number of hydrogen-bond acceptors (Lipinski definition) is 6. The first kappa shape index (κ1) is 20.4. The van der Waals surface area contributed by atoms with Crippen LogP contribution in [0.3, 0.4) is 0 Å². The lowest BCUT2D eigenvalue weighted by Gasteiger charge is -2.32. The summed E-state index contributed by atoms with van der Waals surface area (Å²) in [6, 6.07) is 3.80. The van der Waals surface area contributed by atoms with Gasteiger partial charge in [0, 0.05) is 51.0 Å². The predicted molar refractivity (Wildman–Crippen MR) is 120 cm³/mol. The third-order valence-electron chi connectivity index (χ3n) is 7.07. The van der Waals surface area contributed by atoms with Gasteiger partial charge in [0.2, 0.25) is 11.9 Å². The first-order valence-electron chi connectivity index (χ1n) is 11.2. The Balaban J connectivity index is 1.41. The molecule has 8 heteroatoms. The molecule has 2 aromatic rings. The van der Waals surface area contributed by atoms with E-state index in [0.717, 1.165) is 29.8 Å². The van der Waals surface area contributed by atoms with Crippen LogP contribution in [0.2, 0.25) is 0 Å². The van der Waals surface area contributed by atoms with Gasteiger partial charge in [0.15, 0.2) is 0 Å². The van der Waals surface area contributed by atoms with Crippen molar-refractivity contribution in [2.45, 2.75) is 32.6 Å². The van der Waals surface area contributed by atoms with Gasteiger partial charge in [0.05, 0.1) is 10.3 Å². The number of nitrogens with one attached hydrogen (secondary N) is 1. The molecule has 1 N–H and O–H groups in total. The molecule has 7 nitrogen and oxygen atoms in total. The molecule has 2 atom stereocenters. The maximum Gasteiger partial charge on any atom is 0.264 e. The van der Waals surface area contributed by atoms with Gasteiger partial charge >= 0.3 is 0 Å². The van der Waals surface area contributed by atoms with Crippen LogP contribution in [0, 0.1) is 24.2 Å². The van der Waals surface area contributed by atoms with Crippen molar-refractivity contribution < 1.29 is 9.59 Å². The van der Waals surface area contributed by atoms with Crippen molar-refractivity contribution in [2.24, 2.45) is 17.3 Å². The van der Waals surface area contributed by atoms with Crippen molar-refractivity contribution in [2.75, 3.05) is 37.6 Å². The number of likely N-dealkylation sites (tertiary alicyclic amines) is 1. The number of aromatic nitrogens is 2. The number of thiophene rings is 1. The van der Waals surface area contributed by atoms with E-state index in [1.54, 1.807) is 18.5 Å². The molecule has 164 valence electrons. The molecule has 3 fully saturated rings. The molecule has 31 heavy (non-hydrogen) atoms. The lowest BCUT2D eigenvalue weighted by Crippen LogP contribution is -2.48. The van der Waals surface area contributed by atoms with E-state index in [1.807, 2.05) is 23.3 Å². The molecule has 0 spiro atoms. The van der Waals surface area contributed by atoms with E-state index in [2.05, 4.69) is 20.2 Å². The third-order valence-corrected chi connectivity index (χ3v) is 8.07. The quantitative estimate of drug-likeness (QED) is 0.775. The number of carbonyl (C=O) groups is 2. The summed E-state index contributed by atoms with van der Waals surface area (Å²) in [5.41, 5.74) is 0.520. The highest BCUT2D eigenvalue weighted by molar-refractivity contribution is 7.12. The summed E-state index contributed by atoms with van der Waals surface area (Å²) in [4.78, 5) is 40.6. The van der Waals surface area contributed by atoms with E-state index < -0.39 is 5.41 Å². The number of amides is 2. The van der Waals surface area contributed by atoms with Crippen molar-refractivity contribution in [3.8, 4) is 0 Å². The van der Waals surface area contributed by atoms with Gasteiger partial charge in [0.25, 0.3) is 5.91 Å². The summed E-state index contributed by atoms with van der Waals surface area (Å²) in [6.07, 6.45) is 7.52. The maximum absolute atomic E-state index is 13.5. The number of hydrogen-bond donors (Lipinski definition) is 1. The summed E-state index contributed by atoms with van der Waals surface area (Å²) in [5, 5.41) is 5.22. The third kappa shape index (κ3) is 3.93. The number of rotatable bonds is 5. The largest absolute Gasteiger partial charge is 0.355 e. The average Bonchev–Trinajstić information content (AvgIpc) is 3.46. The average molecular weight is 440 g/mol. The van der Waals surface area contributed by atoms with Gasteiger partial charge in [-0.3, -0.25) is 9.59 Å². The second kappa shape index (κ2) is 8.22. The van der Waals surface area contributed by atoms with Gasteiger partial charge in [-0.15, -0.1) is 11.3 Å². The second-order valence-corrected chi connectivity index (χ2v) is 10.1. The zero-order chi connectivity index (χ0) is 21.4. The molecule has 2 amide bonds. The molecular formula is C23H29N5O2S. The van der Waals surface area contributed by atoms with Gasteiger partial charge in [-0.2, -0.15) is 0 Å². The first-order valence-corrected chi connectivity index (χ1v) is 12.1. The second-order valence-electron chi connectivity index (χ2n) is 9.22. The molecule has 2 aromatic heterocycles. The summed E-state index contributed by atoms with van der Waals surface area (Å²) in [6.45, 7) is 5.35. The van der Waals surface area contributed by atoms with Crippen LogP contribution < -0.4 is 10.2 Å². The summed E-state index contributed by atoms with van der Waals surface area (Å²) >= 11 is 1.50. The number of fused-ring (bicyclic) bond motifs is 1. The monoisotopic (exact) mass is 439 g/mol. The molecule has 0 radical (unpaired) electrons. The number of nitrogens with zero attached hydrogens (tertiary/aromatic N) is 4. The lowest BCUT2D eigenvalue weighted by atomic mass is 9.74. The fourth-order valence-corrected chi connectivity index (χ4v) is 5.96. The smallest absolute Gasteiger partial charge is 0.264 e. The van der Waals surface area contributed by atoms with Gasteiger partial charge in [0.1, 0.15) is 0 Å². The van der Waals surface area contributed by atoms with E-state index >= 15 is 0 Å². The number of aryl methyl sites for hydroxylation is 1. The predicted octanol–water partition coefficient (Wildman–Crippen LogP) is 2.73. The molecule has 2 aliphatic heterocycles. The summed E-state index contributed by atoms with van der Waals surface area (Å²) in [5.74, 6) is 1.60. The van der Waals surface area contributed by atoms with E-state index in [0.29, 0.717) is 38.0 Å². The van der Waals surface area contributed by atoms with Crippen LogP contribution in [-0.4, -0.2) is 59.4 Å². The number of carbonyl (C=O) groups excluding carboxylic acids is 2. The fourth-order valence-electron chi connectivity index (χ4n) is 5.07. The minimum atomic E-state index is -0.506. The van der Waals surface area contributed by atoms with Crippen molar-refractivity contribution in [3.63, 3.8) is 0 Å².